The summed E-state index contributed by atoms with van der Waals surface area (Å²) in [4.78, 5) is 12.2. The molecule has 21 heavy (non-hydrogen) atoms. The highest BCUT2D eigenvalue weighted by Gasteiger charge is 2.15. The van der Waals surface area contributed by atoms with Crippen LogP contribution in [0.4, 0.5) is 10.1 Å². The van der Waals surface area contributed by atoms with Crippen LogP contribution in [0, 0.1) is 9.39 Å². The van der Waals surface area contributed by atoms with Gasteiger partial charge in [0.2, 0.25) is 0 Å². The van der Waals surface area contributed by atoms with Gasteiger partial charge in [0.05, 0.1) is 5.56 Å². The Morgan fingerprint density at radius 2 is 1.86 bits per heavy atom. The van der Waals surface area contributed by atoms with Crippen LogP contribution < -0.4 is 14.8 Å². The Morgan fingerprint density at radius 1 is 1.10 bits per heavy atom. The van der Waals surface area contributed by atoms with Crippen LogP contribution in [0.2, 0.25) is 0 Å². The molecule has 1 N–H and O–H groups in total. The number of rotatable bonds is 2. The minimum absolute atomic E-state index is 0.295. The van der Waals surface area contributed by atoms with Crippen molar-refractivity contribution in [3.63, 3.8) is 0 Å². The first-order valence-electron chi connectivity index (χ1n) is 6.29. The number of hydrogen-bond donors (Lipinski definition) is 1. The summed E-state index contributed by atoms with van der Waals surface area (Å²) in [6.07, 6.45) is 0. The molecule has 3 rings (SSSR count). The topological polar surface area (TPSA) is 47.6 Å². The lowest BCUT2D eigenvalue weighted by Crippen LogP contribution is -2.17. The van der Waals surface area contributed by atoms with E-state index in [2.05, 4.69) is 5.32 Å². The van der Waals surface area contributed by atoms with Crippen LogP contribution in [0.25, 0.3) is 0 Å². The van der Waals surface area contributed by atoms with E-state index in [1.54, 1.807) is 18.2 Å². The van der Waals surface area contributed by atoms with Gasteiger partial charge in [-0.2, -0.15) is 0 Å². The molecule has 0 atom stereocenters. The van der Waals surface area contributed by atoms with Gasteiger partial charge in [-0.15, -0.1) is 0 Å². The highest BCUT2D eigenvalue weighted by molar-refractivity contribution is 14.1. The molecule has 1 aliphatic rings. The molecule has 0 fully saturated rings. The van der Waals surface area contributed by atoms with E-state index in [1.165, 1.54) is 18.2 Å². The summed E-state index contributed by atoms with van der Waals surface area (Å²) in [5, 5.41) is 2.77. The molecule has 108 valence electrons. The van der Waals surface area contributed by atoms with Gasteiger partial charge < -0.3 is 14.8 Å². The Labute approximate surface area is 134 Å². The smallest absolute Gasteiger partial charge is 0.256 e. The molecule has 6 heteroatoms. The van der Waals surface area contributed by atoms with Crippen LogP contribution in [0.1, 0.15) is 10.4 Å². The van der Waals surface area contributed by atoms with Crippen molar-refractivity contribution in [3.8, 4) is 11.5 Å². The second kappa shape index (κ2) is 5.88. The number of anilines is 1. The summed E-state index contributed by atoms with van der Waals surface area (Å²) in [5.41, 5.74) is 1.02. The number of nitrogens with one attached hydrogen (secondary N) is 1. The molecule has 2 aromatic rings. The van der Waals surface area contributed by atoms with Crippen LogP contribution >= 0.6 is 22.6 Å². The summed E-state index contributed by atoms with van der Waals surface area (Å²) >= 11 is 1.93. The van der Waals surface area contributed by atoms with Crippen molar-refractivity contribution in [1.29, 1.82) is 0 Å². The molecule has 0 aliphatic carbocycles. The normalized spacial score (nSPS) is 12.9. The third-order valence-electron chi connectivity index (χ3n) is 2.98. The molecule has 0 spiro atoms. The van der Waals surface area contributed by atoms with E-state index < -0.39 is 0 Å². The molecule has 2 aromatic carbocycles. The van der Waals surface area contributed by atoms with Crippen molar-refractivity contribution >= 4 is 34.2 Å². The van der Waals surface area contributed by atoms with Gasteiger partial charge in [0.25, 0.3) is 5.91 Å². The average Bonchev–Trinajstić information content (AvgIpc) is 2.47. The maximum Gasteiger partial charge on any atom is 0.256 e. The van der Waals surface area contributed by atoms with Crippen LogP contribution in [-0.4, -0.2) is 19.1 Å². The second-order valence-corrected chi connectivity index (χ2v) is 5.60. The van der Waals surface area contributed by atoms with Crippen molar-refractivity contribution in [2.24, 2.45) is 0 Å². The Morgan fingerprint density at radius 3 is 2.62 bits per heavy atom. The molecule has 0 radical (unpaired) electrons. The van der Waals surface area contributed by atoms with E-state index in [1.807, 2.05) is 22.6 Å². The zero-order valence-electron chi connectivity index (χ0n) is 10.9. The van der Waals surface area contributed by atoms with Crippen LogP contribution in [0.3, 0.4) is 0 Å². The SMILES string of the molecule is O=C(Nc1ccc2c(c1)OCCO2)c1ccc(F)cc1I. The van der Waals surface area contributed by atoms with Gasteiger partial charge in [0, 0.05) is 15.3 Å². The standard InChI is InChI=1S/C15H11FINO3/c16-9-1-3-11(12(17)7-9)15(19)18-10-2-4-13-14(8-10)21-6-5-20-13/h1-4,7-8H,5-6H2,(H,18,19). The lowest BCUT2D eigenvalue weighted by molar-refractivity contribution is 0.102. The molecule has 0 saturated heterocycles. The van der Waals surface area contributed by atoms with Crippen LogP contribution in [0.15, 0.2) is 36.4 Å². The van der Waals surface area contributed by atoms with Gasteiger partial charge >= 0.3 is 0 Å². The van der Waals surface area contributed by atoms with Gasteiger partial charge in [0.15, 0.2) is 11.5 Å². The molecule has 0 unspecified atom stereocenters. The highest BCUT2D eigenvalue weighted by atomic mass is 127. The third kappa shape index (κ3) is 3.10. The van der Waals surface area contributed by atoms with Crippen molar-refractivity contribution in [2.75, 3.05) is 18.5 Å². The van der Waals surface area contributed by atoms with Crippen molar-refractivity contribution in [1.82, 2.24) is 0 Å². The fraction of sp³-hybridized carbons (Fsp3) is 0.133. The first-order chi connectivity index (χ1) is 10.1. The minimum atomic E-state index is -0.365. The predicted molar refractivity (Wildman–Crippen MR) is 84.5 cm³/mol. The van der Waals surface area contributed by atoms with E-state index >= 15 is 0 Å². The Bertz CT molecular complexity index is 705. The third-order valence-corrected chi connectivity index (χ3v) is 3.87. The maximum atomic E-state index is 13.1. The van der Waals surface area contributed by atoms with Gasteiger partial charge in [0.1, 0.15) is 19.0 Å². The highest BCUT2D eigenvalue weighted by Crippen LogP contribution is 2.32. The van der Waals surface area contributed by atoms with E-state index in [0.29, 0.717) is 39.5 Å². The Hall–Kier alpha value is -1.83. The maximum absolute atomic E-state index is 13.1. The van der Waals surface area contributed by atoms with Gasteiger partial charge in [-0.3, -0.25) is 4.79 Å². The van der Waals surface area contributed by atoms with Gasteiger partial charge in [-0.05, 0) is 52.9 Å². The summed E-state index contributed by atoms with van der Waals surface area (Å²) in [7, 11) is 0. The zero-order valence-corrected chi connectivity index (χ0v) is 13.0. The average molecular weight is 399 g/mol. The summed E-state index contributed by atoms with van der Waals surface area (Å²) in [5.74, 6) is 0.606. The molecule has 1 heterocycles. The lowest BCUT2D eigenvalue weighted by atomic mass is 10.2. The Kier molecular flexibility index (Phi) is 3.96. The molecule has 0 bridgehead atoms. The zero-order chi connectivity index (χ0) is 14.8. The molecule has 1 amide bonds. The summed E-state index contributed by atoms with van der Waals surface area (Å²) in [6, 6.07) is 9.24. The lowest BCUT2D eigenvalue weighted by Gasteiger charge is -2.19. The van der Waals surface area contributed by atoms with Crippen molar-refractivity contribution < 1.29 is 18.7 Å². The van der Waals surface area contributed by atoms with E-state index in [0.717, 1.165) is 0 Å². The molecule has 0 saturated carbocycles. The van der Waals surface area contributed by atoms with Crippen molar-refractivity contribution in [2.45, 2.75) is 0 Å². The van der Waals surface area contributed by atoms with Crippen molar-refractivity contribution in [3.05, 3.63) is 51.3 Å². The number of halogens is 2. The monoisotopic (exact) mass is 399 g/mol. The molecular formula is C15H11FINO3. The quantitative estimate of drug-likeness (QED) is 0.788. The van der Waals surface area contributed by atoms with Gasteiger partial charge in [-0.1, -0.05) is 0 Å². The summed E-state index contributed by atoms with van der Waals surface area (Å²) < 4.78 is 24.5. The van der Waals surface area contributed by atoms with Gasteiger partial charge in [-0.25, -0.2) is 4.39 Å². The van der Waals surface area contributed by atoms with E-state index in [4.69, 9.17) is 9.47 Å². The van der Waals surface area contributed by atoms with Crippen LogP contribution in [-0.2, 0) is 0 Å². The molecular weight excluding hydrogens is 388 g/mol. The fourth-order valence-corrected chi connectivity index (χ4v) is 2.72. The number of amides is 1. The number of carbonyl (C=O) groups is 1. The molecule has 4 nitrogen and oxygen atoms in total. The molecule has 0 aromatic heterocycles. The number of ether oxygens (including phenoxy) is 2. The fourth-order valence-electron chi connectivity index (χ4n) is 1.99. The number of benzene rings is 2. The summed E-state index contributed by atoms with van der Waals surface area (Å²) in [6.45, 7) is 1.01. The van der Waals surface area contributed by atoms with E-state index in [9.17, 15) is 9.18 Å². The predicted octanol–water partition coefficient (Wildman–Crippen LogP) is 3.45. The first kappa shape index (κ1) is 14.1. The van der Waals surface area contributed by atoms with Crippen LogP contribution in [0.5, 0.6) is 11.5 Å². The Balaban J connectivity index is 1.81. The number of fused-ring (bicyclic) bond motifs is 1. The largest absolute Gasteiger partial charge is 0.486 e. The second-order valence-electron chi connectivity index (χ2n) is 4.44. The number of carbonyl (C=O) groups excluding carboxylic acids is 1. The first-order valence-corrected chi connectivity index (χ1v) is 7.37. The number of hydrogen-bond acceptors (Lipinski definition) is 3. The molecule has 1 aliphatic heterocycles. The minimum Gasteiger partial charge on any atom is -0.486 e. The van der Waals surface area contributed by atoms with E-state index in [-0.39, 0.29) is 11.7 Å².